The first-order valence-electron chi connectivity index (χ1n) is 11.9. The third-order valence-corrected chi connectivity index (χ3v) is 7.39. The number of β-amino-alcohol motifs (C(OH)–C–C–N with tert-alkyl or cyclic N) is 1. The van der Waals surface area contributed by atoms with E-state index >= 15 is 0 Å². The van der Waals surface area contributed by atoms with Gasteiger partial charge in [0.05, 0.1) is 11.2 Å². The number of nitrogens with zero attached hydrogens (tertiary/aromatic N) is 1. The van der Waals surface area contributed by atoms with Crippen molar-refractivity contribution in [2.24, 2.45) is 0 Å². The molecular formula is C28H29F3N2O3. The third kappa shape index (κ3) is 5.28. The van der Waals surface area contributed by atoms with E-state index in [1.807, 2.05) is 12.1 Å². The molecule has 3 N–H and O–H groups in total. The van der Waals surface area contributed by atoms with Gasteiger partial charge in [0.15, 0.2) is 0 Å². The summed E-state index contributed by atoms with van der Waals surface area (Å²) in [5.41, 5.74) is -1.35. The van der Waals surface area contributed by atoms with Gasteiger partial charge in [-0.1, -0.05) is 24.1 Å². The van der Waals surface area contributed by atoms with Gasteiger partial charge in [0, 0.05) is 36.0 Å². The molecule has 5 nitrogen and oxygen atoms in total. The Morgan fingerprint density at radius 1 is 1.22 bits per heavy atom. The minimum absolute atomic E-state index is 0.117. The lowest BCUT2D eigenvalue weighted by Crippen LogP contribution is -2.67. The van der Waals surface area contributed by atoms with Gasteiger partial charge in [0.2, 0.25) is 0 Å². The van der Waals surface area contributed by atoms with Crippen LogP contribution in [0.2, 0.25) is 0 Å². The highest BCUT2D eigenvalue weighted by atomic mass is 19.4. The van der Waals surface area contributed by atoms with Crippen molar-refractivity contribution < 1.29 is 28.2 Å². The van der Waals surface area contributed by atoms with Crippen LogP contribution in [-0.2, 0) is 16.4 Å². The minimum atomic E-state index is -4.43. The lowest BCUT2D eigenvalue weighted by molar-refractivity contribution is -0.137. The Labute approximate surface area is 208 Å². The summed E-state index contributed by atoms with van der Waals surface area (Å²) in [4.78, 5) is 14.8. The number of fused-ring (bicyclic) bond motifs is 1. The zero-order valence-corrected chi connectivity index (χ0v) is 19.8. The van der Waals surface area contributed by atoms with Gasteiger partial charge < -0.3 is 15.5 Å². The SMILES string of the molecule is C=CCN1CC[C@@]2(c3cccc(O)c3)C[C@H](NC(=O)C#Cc3ccc(C(F)(F)F)cc3)CC[C@]2(O)C1. The predicted molar refractivity (Wildman–Crippen MR) is 130 cm³/mol. The highest BCUT2D eigenvalue weighted by Gasteiger charge is 2.57. The van der Waals surface area contributed by atoms with E-state index in [2.05, 4.69) is 28.6 Å². The Hall–Kier alpha value is -3.28. The highest BCUT2D eigenvalue weighted by molar-refractivity contribution is 5.94. The summed E-state index contributed by atoms with van der Waals surface area (Å²) < 4.78 is 38.2. The number of rotatable bonds is 4. The molecule has 1 amide bonds. The van der Waals surface area contributed by atoms with Crippen LogP contribution in [0.4, 0.5) is 13.2 Å². The molecule has 1 saturated carbocycles. The van der Waals surface area contributed by atoms with Crippen LogP contribution in [0.25, 0.3) is 0 Å². The Kier molecular flexibility index (Phi) is 7.17. The summed E-state index contributed by atoms with van der Waals surface area (Å²) in [6.07, 6.45) is -0.501. The van der Waals surface area contributed by atoms with Crippen LogP contribution in [0, 0.1) is 11.8 Å². The second kappa shape index (κ2) is 10.00. The van der Waals surface area contributed by atoms with Crippen molar-refractivity contribution in [3.8, 4) is 17.6 Å². The maximum Gasteiger partial charge on any atom is 0.416 e. The highest BCUT2D eigenvalue weighted by Crippen LogP contribution is 2.52. The molecule has 1 saturated heterocycles. The first-order chi connectivity index (χ1) is 17.0. The first-order valence-corrected chi connectivity index (χ1v) is 11.9. The summed E-state index contributed by atoms with van der Waals surface area (Å²) in [6, 6.07) is 11.0. The summed E-state index contributed by atoms with van der Waals surface area (Å²) in [7, 11) is 0. The predicted octanol–water partition coefficient (Wildman–Crippen LogP) is 3.99. The fourth-order valence-corrected chi connectivity index (χ4v) is 5.62. The number of aromatic hydroxyl groups is 1. The Balaban J connectivity index is 1.52. The Bertz CT molecular complexity index is 1190. The summed E-state index contributed by atoms with van der Waals surface area (Å²) >= 11 is 0. The second-order valence-electron chi connectivity index (χ2n) is 9.68. The molecule has 2 fully saturated rings. The number of phenols is 1. The minimum Gasteiger partial charge on any atom is -0.508 e. The van der Waals surface area contributed by atoms with Gasteiger partial charge in [-0.05, 0) is 74.2 Å². The van der Waals surface area contributed by atoms with E-state index in [1.54, 1.807) is 18.2 Å². The molecule has 36 heavy (non-hydrogen) atoms. The second-order valence-corrected chi connectivity index (χ2v) is 9.68. The van der Waals surface area contributed by atoms with E-state index in [1.165, 1.54) is 12.1 Å². The number of amides is 1. The number of carbonyl (C=O) groups is 1. The van der Waals surface area contributed by atoms with Crippen LogP contribution in [0.15, 0.2) is 61.2 Å². The van der Waals surface area contributed by atoms with Crippen LogP contribution in [0.3, 0.4) is 0 Å². The number of phenolic OH excluding ortho intramolecular Hbond substituents is 1. The number of nitrogens with one attached hydrogen (secondary N) is 1. The normalized spacial score (nSPS) is 26.3. The number of aliphatic hydroxyl groups is 1. The molecule has 0 aromatic heterocycles. The van der Waals surface area contributed by atoms with Crippen molar-refractivity contribution >= 4 is 5.91 Å². The van der Waals surface area contributed by atoms with E-state index in [9.17, 15) is 28.2 Å². The van der Waals surface area contributed by atoms with Crippen molar-refractivity contribution in [3.05, 3.63) is 77.9 Å². The molecule has 0 radical (unpaired) electrons. The van der Waals surface area contributed by atoms with Crippen LogP contribution in [0.1, 0.15) is 42.4 Å². The maximum absolute atomic E-state index is 12.7. The number of piperidine rings is 1. The van der Waals surface area contributed by atoms with Gasteiger partial charge in [-0.3, -0.25) is 9.69 Å². The van der Waals surface area contributed by atoms with Crippen molar-refractivity contribution in [2.75, 3.05) is 19.6 Å². The fraction of sp³-hybridized carbons (Fsp3) is 0.393. The summed E-state index contributed by atoms with van der Waals surface area (Å²) in [5, 5.41) is 25.0. The Morgan fingerprint density at radius 3 is 2.64 bits per heavy atom. The average Bonchev–Trinajstić information content (AvgIpc) is 2.83. The average molecular weight is 499 g/mol. The molecule has 190 valence electrons. The maximum atomic E-state index is 12.7. The third-order valence-electron chi connectivity index (χ3n) is 7.39. The van der Waals surface area contributed by atoms with Crippen LogP contribution < -0.4 is 5.32 Å². The molecule has 1 heterocycles. The van der Waals surface area contributed by atoms with Crippen molar-refractivity contribution in [1.29, 1.82) is 0 Å². The molecular weight excluding hydrogens is 469 g/mol. The topological polar surface area (TPSA) is 72.8 Å². The van der Waals surface area contributed by atoms with Gasteiger partial charge in [0.25, 0.3) is 5.91 Å². The number of hydrogen-bond acceptors (Lipinski definition) is 4. The summed E-state index contributed by atoms with van der Waals surface area (Å²) in [6.45, 7) is 5.66. The molecule has 8 heteroatoms. The quantitative estimate of drug-likeness (QED) is 0.440. The molecule has 4 rings (SSSR count). The van der Waals surface area contributed by atoms with Gasteiger partial charge in [-0.2, -0.15) is 13.2 Å². The van der Waals surface area contributed by atoms with Crippen molar-refractivity contribution in [2.45, 2.75) is 48.9 Å². The molecule has 2 aliphatic rings. The van der Waals surface area contributed by atoms with Gasteiger partial charge in [-0.25, -0.2) is 0 Å². The lowest BCUT2D eigenvalue weighted by atomic mass is 9.55. The number of hydrogen-bond donors (Lipinski definition) is 3. The van der Waals surface area contributed by atoms with Gasteiger partial charge in [-0.15, -0.1) is 6.58 Å². The van der Waals surface area contributed by atoms with Crippen molar-refractivity contribution in [3.63, 3.8) is 0 Å². The smallest absolute Gasteiger partial charge is 0.416 e. The Morgan fingerprint density at radius 2 is 1.97 bits per heavy atom. The molecule has 0 unspecified atom stereocenters. The van der Waals surface area contributed by atoms with E-state index in [0.717, 1.165) is 24.2 Å². The molecule has 2 aromatic carbocycles. The van der Waals surface area contributed by atoms with Crippen LogP contribution >= 0.6 is 0 Å². The van der Waals surface area contributed by atoms with Crippen molar-refractivity contribution in [1.82, 2.24) is 10.2 Å². The zero-order valence-electron chi connectivity index (χ0n) is 19.8. The van der Waals surface area contributed by atoms with E-state index in [4.69, 9.17) is 0 Å². The number of benzene rings is 2. The molecule has 3 atom stereocenters. The molecule has 1 aliphatic heterocycles. The largest absolute Gasteiger partial charge is 0.508 e. The number of halogens is 3. The lowest BCUT2D eigenvalue weighted by Gasteiger charge is -2.58. The number of likely N-dealkylation sites (tertiary alicyclic amines) is 1. The molecule has 0 spiro atoms. The van der Waals surface area contributed by atoms with E-state index in [-0.39, 0.29) is 11.8 Å². The zero-order chi connectivity index (χ0) is 26.0. The number of alkyl halides is 3. The molecule has 0 bridgehead atoms. The standard InChI is InChI=1S/C28H29F3N2O3/c1-2-15-33-16-14-26(22-4-3-5-24(34)17-22)18-23(12-13-27(26,36)19-33)32-25(35)11-8-20-6-9-21(10-7-20)28(29,30)31/h2-7,9-10,17,23,34,36H,1,12-16,18-19H2,(H,32,35)/t23-,26+,27+/m1/s1. The molecule has 2 aromatic rings. The number of carbonyl (C=O) groups excluding carboxylic acids is 1. The monoisotopic (exact) mass is 498 g/mol. The summed E-state index contributed by atoms with van der Waals surface area (Å²) in [5.74, 6) is 4.67. The van der Waals surface area contributed by atoms with E-state index < -0.39 is 28.7 Å². The van der Waals surface area contributed by atoms with Gasteiger partial charge >= 0.3 is 6.18 Å². The fourth-order valence-electron chi connectivity index (χ4n) is 5.62. The van der Waals surface area contributed by atoms with Crippen LogP contribution in [0.5, 0.6) is 5.75 Å². The first kappa shape index (κ1) is 25.8. The van der Waals surface area contributed by atoms with Gasteiger partial charge in [0.1, 0.15) is 5.75 Å². The molecule has 1 aliphatic carbocycles. The van der Waals surface area contributed by atoms with E-state index in [0.29, 0.717) is 44.3 Å². The van der Waals surface area contributed by atoms with Crippen LogP contribution in [-0.4, -0.2) is 52.3 Å².